The van der Waals surface area contributed by atoms with Crippen LogP contribution in [0.5, 0.6) is 5.75 Å². The Kier molecular flexibility index (Phi) is 6.56. The van der Waals surface area contributed by atoms with E-state index in [0.717, 1.165) is 8.78 Å². The molecule has 0 bridgehead atoms. The van der Waals surface area contributed by atoms with Crippen molar-refractivity contribution in [3.8, 4) is 5.75 Å². The van der Waals surface area contributed by atoms with Gasteiger partial charge in [0.15, 0.2) is 0 Å². The number of rotatable bonds is 7. The molecular formula is C21H19BrN2O4S. The molecule has 0 saturated carbocycles. The summed E-state index contributed by atoms with van der Waals surface area (Å²) in [5.74, 6) is 0.128. The van der Waals surface area contributed by atoms with Gasteiger partial charge in [-0.05, 0) is 54.6 Å². The van der Waals surface area contributed by atoms with Crippen LogP contribution >= 0.6 is 15.9 Å². The number of carbonyl (C=O) groups is 1. The maximum absolute atomic E-state index is 13.2. The molecule has 8 heteroatoms. The van der Waals surface area contributed by atoms with E-state index in [2.05, 4.69) is 21.2 Å². The number of anilines is 2. The fraction of sp³-hybridized carbons (Fsp3) is 0.0952. The zero-order valence-electron chi connectivity index (χ0n) is 15.6. The topological polar surface area (TPSA) is 75.7 Å². The highest BCUT2D eigenvalue weighted by molar-refractivity contribution is 9.10. The highest BCUT2D eigenvalue weighted by atomic mass is 79.9. The molecule has 6 nitrogen and oxygen atoms in total. The van der Waals surface area contributed by atoms with Crippen LogP contribution in [0.1, 0.15) is 0 Å². The van der Waals surface area contributed by atoms with E-state index in [1.54, 1.807) is 60.7 Å². The Balaban J connectivity index is 1.93. The normalized spacial score (nSPS) is 11.0. The molecule has 0 radical (unpaired) electrons. The van der Waals surface area contributed by atoms with Gasteiger partial charge in [0.2, 0.25) is 5.91 Å². The average Bonchev–Trinajstić information content (AvgIpc) is 2.73. The van der Waals surface area contributed by atoms with Crippen molar-refractivity contribution in [2.45, 2.75) is 4.90 Å². The van der Waals surface area contributed by atoms with Gasteiger partial charge in [0.1, 0.15) is 12.3 Å². The van der Waals surface area contributed by atoms with Crippen LogP contribution in [0.15, 0.2) is 88.2 Å². The first-order valence-electron chi connectivity index (χ1n) is 8.67. The summed E-state index contributed by atoms with van der Waals surface area (Å²) in [6.45, 7) is -0.379. The third-order valence-electron chi connectivity index (χ3n) is 4.09. The van der Waals surface area contributed by atoms with Gasteiger partial charge >= 0.3 is 0 Å². The van der Waals surface area contributed by atoms with Crippen molar-refractivity contribution in [1.29, 1.82) is 0 Å². The fourth-order valence-electron chi connectivity index (χ4n) is 2.68. The summed E-state index contributed by atoms with van der Waals surface area (Å²) >= 11 is 3.35. The summed E-state index contributed by atoms with van der Waals surface area (Å²) < 4.78 is 33.5. The van der Waals surface area contributed by atoms with Gasteiger partial charge in [-0.15, -0.1) is 0 Å². The Hall–Kier alpha value is -2.84. The SMILES string of the molecule is COc1ccc(N(CC(=O)Nc2cccc(Br)c2)S(=O)(=O)c2ccccc2)cc1. The number of carbonyl (C=O) groups excluding carboxylic acids is 1. The number of methoxy groups -OCH3 is 1. The van der Waals surface area contributed by atoms with Crippen LogP contribution in [0.3, 0.4) is 0 Å². The van der Waals surface area contributed by atoms with Gasteiger partial charge in [0.25, 0.3) is 10.0 Å². The van der Waals surface area contributed by atoms with Crippen molar-refractivity contribution in [3.05, 3.63) is 83.3 Å². The molecule has 0 saturated heterocycles. The molecule has 3 aromatic carbocycles. The van der Waals surface area contributed by atoms with Gasteiger partial charge < -0.3 is 10.1 Å². The summed E-state index contributed by atoms with van der Waals surface area (Å²) in [6.07, 6.45) is 0. The van der Waals surface area contributed by atoms with Gasteiger partial charge in [-0.1, -0.05) is 40.2 Å². The highest BCUT2D eigenvalue weighted by Crippen LogP contribution is 2.26. The van der Waals surface area contributed by atoms with Crippen molar-refractivity contribution in [1.82, 2.24) is 0 Å². The molecule has 0 aliphatic carbocycles. The molecule has 0 heterocycles. The first-order valence-corrected chi connectivity index (χ1v) is 10.9. The third-order valence-corrected chi connectivity index (χ3v) is 6.37. The highest BCUT2D eigenvalue weighted by Gasteiger charge is 2.27. The van der Waals surface area contributed by atoms with Crippen LogP contribution in [0.25, 0.3) is 0 Å². The number of ether oxygens (including phenoxy) is 1. The molecule has 3 rings (SSSR count). The largest absolute Gasteiger partial charge is 0.497 e. The summed E-state index contributed by atoms with van der Waals surface area (Å²) in [5.41, 5.74) is 0.926. The number of hydrogen-bond acceptors (Lipinski definition) is 4. The second kappa shape index (κ2) is 9.11. The van der Waals surface area contributed by atoms with Crippen LogP contribution in [0, 0.1) is 0 Å². The average molecular weight is 475 g/mol. The van der Waals surface area contributed by atoms with E-state index in [-0.39, 0.29) is 11.4 Å². The predicted molar refractivity (Wildman–Crippen MR) is 117 cm³/mol. The third kappa shape index (κ3) is 5.16. The van der Waals surface area contributed by atoms with Crippen LogP contribution in [0.4, 0.5) is 11.4 Å². The van der Waals surface area contributed by atoms with E-state index in [1.165, 1.54) is 19.2 Å². The Morgan fingerprint density at radius 2 is 1.69 bits per heavy atom. The van der Waals surface area contributed by atoms with Crippen molar-refractivity contribution in [2.24, 2.45) is 0 Å². The number of halogens is 1. The molecule has 0 aromatic heterocycles. The van der Waals surface area contributed by atoms with Crippen LogP contribution in [-0.4, -0.2) is 28.0 Å². The lowest BCUT2D eigenvalue weighted by molar-refractivity contribution is -0.114. The maximum Gasteiger partial charge on any atom is 0.264 e. The van der Waals surface area contributed by atoms with Gasteiger partial charge in [0, 0.05) is 10.2 Å². The van der Waals surface area contributed by atoms with Gasteiger partial charge in [0.05, 0.1) is 17.7 Å². The summed E-state index contributed by atoms with van der Waals surface area (Å²) in [5, 5.41) is 2.73. The molecule has 0 aliphatic heterocycles. The number of amides is 1. The first-order chi connectivity index (χ1) is 13.9. The lowest BCUT2D eigenvalue weighted by Crippen LogP contribution is -2.38. The zero-order valence-corrected chi connectivity index (χ0v) is 18.0. The molecule has 3 aromatic rings. The molecule has 150 valence electrons. The van der Waals surface area contributed by atoms with Crippen LogP contribution < -0.4 is 14.4 Å². The van der Waals surface area contributed by atoms with E-state index in [0.29, 0.717) is 17.1 Å². The zero-order chi connectivity index (χ0) is 20.9. The molecule has 1 amide bonds. The van der Waals surface area contributed by atoms with E-state index < -0.39 is 15.9 Å². The Morgan fingerprint density at radius 3 is 2.31 bits per heavy atom. The van der Waals surface area contributed by atoms with Crippen molar-refractivity contribution in [3.63, 3.8) is 0 Å². The lowest BCUT2D eigenvalue weighted by Gasteiger charge is -2.24. The Labute approximate surface area is 178 Å². The van der Waals surface area contributed by atoms with E-state index >= 15 is 0 Å². The molecular weight excluding hydrogens is 456 g/mol. The summed E-state index contributed by atoms with van der Waals surface area (Å²) in [7, 11) is -2.42. The first kappa shape index (κ1) is 20.9. The Morgan fingerprint density at radius 1 is 1.00 bits per heavy atom. The molecule has 0 fully saturated rings. The van der Waals surface area contributed by atoms with E-state index in [9.17, 15) is 13.2 Å². The lowest BCUT2D eigenvalue weighted by atomic mass is 10.3. The van der Waals surface area contributed by atoms with Crippen LogP contribution in [0.2, 0.25) is 0 Å². The number of benzene rings is 3. The minimum Gasteiger partial charge on any atom is -0.497 e. The van der Waals surface area contributed by atoms with Gasteiger partial charge in [-0.25, -0.2) is 8.42 Å². The fourth-order valence-corrected chi connectivity index (χ4v) is 4.52. The van der Waals surface area contributed by atoms with E-state index in [1.807, 2.05) is 6.07 Å². The Bertz CT molecular complexity index is 1090. The minimum absolute atomic E-state index is 0.103. The monoisotopic (exact) mass is 474 g/mol. The summed E-state index contributed by atoms with van der Waals surface area (Å²) in [4.78, 5) is 12.8. The molecule has 1 N–H and O–H groups in total. The molecule has 0 spiro atoms. The number of nitrogens with one attached hydrogen (secondary N) is 1. The predicted octanol–water partition coefficient (Wildman–Crippen LogP) is 4.29. The molecule has 29 heavy (non-hydrogen) atoms. The smallest absolute Gasteiger partial charge is 0.264 e. The summed E-state index contributed by atoms with van der Waals surface area (Å²) in [6, 6.07) is 21.6. The standard InChI is InChI=1S/C21H19BrN2O4S/c1-28-19-12-10-18(11-13-19)24(29(26,27)20-8-3-2-4-9-20)15-21(25)23-17-7-5-6-16(22)14-17/h2-14H,15H2,1H3,(H,23,25). The number of nitrogens with zero attached hydrogens (tertiary/aromatic N) is 1. The molecule has 0 unspecified atom stereocenters. The van der Waals surface area contributed by atoms with Gasteiger partial charge in [-0.3, -0.25) is 9.10 Å². The van der Waals surface area contributed by atoms with E-state index in [4.69, 9.17) is 4.74 Å². The van der Waals surface area contributed by atoms with Crippen molar-refractivity contribution < 1.29 is 17.9 Å². The minimum atomic E-state index is -3.95. The van der Waals surface area contributed by atoms with Crippen molar-refractivity contribution >= 4 is 43.2 Å². The van der Waals surface area contributed by atoms with Gasteiger partial charge in [-0.2, -0.15) is 0 Å². The molecule has 0 atom stereocenters. The van der Waals surface area contributed by atoms with Crippen molar-refractivity contribution in [2.75, 3.05) is 23.3 Å². The second-order valence-corrected chi connectivity index (χ2v) is 8.86. The maximum atomic E-state index is 13.2. The quantitative estimate of drug-likeness (QED) is 0.553. The number of hydrogen-bond donors (Lipinski definition) is 1. The molecule has 0 aliphatic rings. The second-order valence-electron chi connectivity index (χ2n) is 6.08. The number of sulfonamides is 1. The van der Waals surface area contributed by atoms with Crippen LogP contribution in [-0.2, 0) is 14.8 Å².